The third-order valence-corrected chi connectivity index (χ3v) is 6.53. The van der Waals surface area contributed by atoms with Gasteiger partial charge in [0.2, 0.25) is 0 Å². The number of carbonyl (C=O) groups is 1. The minimum Gasteiger partial charge on any atom is -0.448 e. The molecule has 1 amide bonds. The van der Waals surface area contributed by atoms with Crippen molar-refractivity contribution < 1.29 is 22.1 Å². The van der Waals surface area contributed by atoms with Crippen molar-refractivity contribution in [2.75, 3.05) is 19.7 Å². The van der Waals surface area contributed by atoms with E-state index in [1.807, 2.05) is 0 Å². The Kier molecular flexibility index (Phi) is 6.73. The van der Waals surface area contributed by atoms with Crippen LogP contribution in [0.3, 0.4) is 0 Å². The van der Waals surface area contributed by atoms with E-state index in [4.69, 9.17) is 32.1 Å². The highest BCUT2D eigenvalue weighted by Crippen LogP contribution is 2.31. The predicted molar refractivity (Wildman–Crippen MR) is 102 cm³/mol. The Bertz CT molecular complexity index is 788. The first kappa shape index (κ1) is 20.5. The first-order valence-electron chi connectivity index (χ1n) is 8.92. The lowest BCUT2D eigenvalue weighted by Crippen LogP contribution is -2.49. The molecular formula is C17H22Cl2N2O5S. The number of ether oxygens (including phenoxy) is 1. The van der Waals surface area contributed by atoms with Crippen molar-refractivity contribution in [1.82, 2.24) is 9.62 Å². The Morgan fingerprint density at radius 2 is 1.93 bits per heavy atom. The number of nitrogens with zero attached hydrogens (tertiary/aromatic N) is 1. The second-order valence-corrected chi connectivity index (χ2v) is 8.91. The maximum atomic E-state index is 12.0. The van der Waals surface area contributed by atoms with Gasteiger partial charge in [0.05, 0.1) is 16.7 Å². The summed E-state index contributed by atoms with van der Waals surface area (Å²) in [5, 5.41) is 0.402. The van der Waals surface area contributed by atoms with E-state index in [0.29, 0.717) is 6.04 Å². The normalized spacial score (nSPS) is 23.3. The second kappa shape index (κ2) is 8.86. The number of carbonyl (C=O) groups excluding carboxylic acids is 1. The second-order valence-electron chi connectivity index (χ2n) is 6.82. The van der Waals surface area contributed by atoms with Crippen LogP contribution in [0.1, 0.15) is 32.1 Å². The van der Waals surface area contributed by atoms with Crippen LogP contribution < -0.4 is 8.91 Å². The summed E-state index contributed by atoms with van der Waals surface area (Å²) in [4.78, 5) is 14.4. The fraction of sp³-hybridized carbons (Fsp3) is 0.588. The number of hydrogen-bond acceptors (Lipinski definition) is 6. The minimum atomic E-state index is -4.38. The zero-order chi connectivity index (χ0) is 19.4. The summed E-state index contributed by atoms with van der Waals surface area (Å²) < 4.78 is 35.6. The van der Waals surface area contributed by atoms with E-state index in [-0.39, 0.29) is 28.3 Å². The monoisotopic (exact) mass is 436 g/mol. The van der Waals surface area contributed by atoms with Gasteiger partial charge in [-0.05, 0) is 50.9 Å². The van der Waals surface area contributed by atoms with Gasteiger partial charge in [0.25, 0.3) is 0 Å². The number of hydrogen-bond donors (Lipinski definition) is 1. The highest BCUT2D eigenvalue weighted by molar-refractivity contribution is 7.85. The van der Waals surface area contributed by atoms with Gasteiger partial charge in [-0.3, -0.25) is 4.90 Å². The van der Waals surface area contributed by atoms with E-state index >= 15 is 0 Å². The lowest BCUT2D eigenvalue weighted by molar-refractivity contribution is 0.0244. The van der Waals surface area contributed by atoms with Crippen LogP contribution in [0.15, 0.2) is 18.2 Å². The molecule has 0 saturated carbocycles. The van der Waals surface area contributed by atoms with E-state index in [0.717, 1.165) is 32.4 Å². The predicted octanol–water partition coefficient (Wildman–Crippen LogP) is 3.61. The summed E-state index contributed by atoms with van der Waals surface area (Å²) in [6.45, 7) is 2.35. The molecule has 7 nitrogen and oxygen atoms in total. The van der Waals surface area contributed by atoms with Crippen LogP contribution >= 0.6 is 23.2 Å². The molecule has 1 aromatic rings. The number of benzene rings is 1. The van der Waals surface area contributed by atoms with Gasteiger partial charge >= 0.3 is 16.4 Å². The molecule has 0 radical (unpaired) electrons. The maximum Gasteiger partial charge on any atom is 0.423 e. The zero-order valence-corrected chi connectivity index (χ0v) is 17.0. The summed E-state index contributed by atoms with van der Waals surface area (Å²) in [7, 11) is -4.38. The number of amides is 1. The molecule has 0 aliphatic carbocycles. The highest BCUT2D eigenvalue weighted by atomic mass is 35.5. The quantitative estimate of drug-likeness (QED) is 0.758. The molecule has 0 bridgehead atoms. The van der Waals surface area contributed by atoms with Crippen LogP contribution in [0, 0.1) is 5.92 Å². The van der Waals surface area contributed by atoms with E-state index in [2.05, 4.69) is 4.90 Å². The lowest BCUT2D eigenvalue weighted by atomic mass is 9.84. The molecule has 1 N–H and O–H groups in total. The SMILES string of the molecule is O=C(NS(=O)(=O)Oc1ccc(Cl)c(Cl)c1)OC[C@H]1CCCN2CCCC[C@H]12. The fourth-order valence-electron chi connectivity index (χ4n) is 3.76. The van der Waals surface area contributed by atoms with E-state index in [1.165, 1.54) is 31.0 Å². The topological polar surface area (TPSA) is 84.9 Å². The standard InChI is InChI=1S/C17H22Cl2N2O5S/c18-14-7-6-13(10-15(14)19)26-27(23,24)20-17(22)25-11-12-4-3-9-21-8-2-1-5-16(12)21/h6-7,10,12,16H,1-5,8-9,11H2,(H,20,22)/t12-,16-/m1/s1. The average molecular weight is 437 g/mol. The maximum absolute atomic E-state index is 12.0. The van der Waals surface area contributed by atoms with E-state index in [1.54, 1.807) is 4.72 Å². The molecule has 2 aliphatic heterocycles. The Balaban J connectivity index is 1.51. The van der Waals surface area contributed by atoms with Crippen molar-refractivity contribution in [3.63, 3.8) is 0 Å². The van der Waals surface area contributed by atoms with Crippen LogP contribution in [0.2, 0.25) is 10.0 Å². The third-order valence-electron chi connectivity index (χ3n) is 4.96. The van der Waals surface area contributed by atoms with Gasteiger partial charge < -0.3 is 8.92 Å². The molecule has 27 heavy (non-hydrogen) atoms. The molecule has 2 aliphatic rings. The summed E-state index contributed by atoms with van der Waals surface area (Å²) in [5.41, 5.74) is 0. The van der Waals surface area contributed by atoms with Crippen molar-refractivity contribution >= 4 is 39.6 Å². The molecular weight excluding hydrogens is 415 g/mol. The number of rotatable bonds is 5. The van der Waals surface area contributed by atoms with Crippen LogP contribution in [0.25, 0.3) is 0 Å². The molecule has 0 unspecified atom stereocenters. The average Bonchev–Trinajstić information content (AvgIpc) is 2.62. The van der Waals surface area contributed by atoms with Gasteiger partial charge in [-0.25, -0.2) is 4.79 Å². The smallest absolute Gasteiger partial charge is 0.423 e. The molecule has 3 rings (SSSR count). The highest BCUT2D eigenvalue weighted by Gasteiger charge is 2.33. The lowest BCUT2D eigenvalue weighted by Gasteiger charge is -2.44. The van der Waals surface area contributed by atoms with Crippen molar-refractivity contribution in [2.45, 2.75) is 38.1 Å². The van der Waals surface area contributed by atoms with Gasteiger partial charge in [0.15, 0.2) is 0 Å². The van der Waals surface area contributed by atoms with Crippen LogP contribution in [0.4, 0.5) is 4.79 Å². The Morgan fingerprint density at radius 1 is 1.15 bits per heavy atom. The Morgan fingerprint density at radius 3 is 2.70 bits per heavy atom. The molecule has 1 aromatic carbocycles. The van der Waals surface area contributed by atoms with Crippen molar-refractivity contribution in [1.29, 1.82) is 0 Å². The number of halogens is 2. The molecule has 2 atom stereocenters. The van der Waals surface area contributed by atoms with Crippen LogP contribution in [-0.4, -0.2) is 45.1 Å². The number of fused-ring (bicyclic) bond motifs is 1. The number of piperidine rings is 2. The van der Waals surface area contributed by atoms with Crippen molar-refractivity contribution in [2.24, 2.45) is 5.92 Å². The summed E-state index contributed by atoms with van der Waals surface area (Å²) in [6, 6.07) is 4.38. The van der Waals surface area contributed by atoms with Gasteiger partial charge in [0, 0.05) is 18.0 Å². The zero-order valence-electron chi connectivity index (χ0n) is 14.7. The Labute approximate surface area is 169 Å². The molecule has 0 spiro atoms. The largest absolute Gasteiger partial charge is 0.448 e. The first-order chi connectivity index (χ1) is 12.8. The molecule has 2 heterocycles. The Hall–Kier alpha value is -1.22. The first-order valence-corrected chi connectivity index (χ1v) is 11.1. The van der Waals surface area contributed by atoms with Crippen molar-refractivity contribution in [3.05, 3.63) is 28.2 Å². The van der Waals surface area contributed by atoms with Gasteiger partial charge in [-0.2, -0.15) is 13.1 Å². The fourth-order valence-corrected chi connectivity index (χ4v) is 4.71. The number of nitrogens with one attached hydrogen (secondary N) is 1. The van der Waals surface area contributed by atoms with Crippen LogP contribution in [0.5, 0.6) is 5.75 Å². The third kappa shape index (κ3) is 5.63. The van der Waals surface area contributed by atoms with Crippen LogP contribution in [-0.2, 0) is 15.0 Å². The molecule has 2 fully saturated rings. The van der Waals surface area contributed by atoms with E-state index in [9.17, 15) is 13.2 Å². The molecule has 10 heteroatoms. The summed E-state index contributed by atoms with van der Waals surface area (Å²) in [5.74, 6) is 0.165. The molecule has 0 aromatic heterocycles. The van der Waals surface area contributed by atoms with Gasteiger partial charge in [-0.1, -0.05) is 29.6 Å². The summed E-state index contributed by atoms with van der Waals surface area (Å²) in [6.07, 6.45) is 4.45. The van der Waals surface area contributed by atoms with Gasteiger partial charge in [0.1, 0.15) is 5.75 Å². The molecule has 150 valence electrons. The minimum absolute atomic E-state index is 0.0603. The van der Waals surface area contributed by atoms with Gasteiger partial charge in [-0.15, -0.1) is 0 Å². The van der Waals surface area contributed by atoms with E-state index < -0.39 is 16.4 Å². The van der Waals surface area contributed by atoms with Crippen molar-refractivity contribution in [3.8, 4) is 5.75 Å². The molecule has 2 saturated heterocycles. The summed E-state index contributed by atoms with van der Waals surface area (Å²) >= 11 is 11.6.